The van der Waals surface area contributed by atoms with Crippen LogP contribution in [0.25, 0.3) is 10.9 Å². The van der Waals surface area contributed by atoms with Crippen molar-refractivity contribution in [3.8, 4) is 0 Å². The Labute approximate surface area is 165 Å². The molecule has 0 saturated carbocycles. The first-order valence-corrected chi connectivity index (χ1v) is 10.1. The highest BCUT2D eigenvalue weighted by molar-refractivity contribution is 5.85. The van der Waals surface area contributed by atoms with E-state index < -0.39 is 0 Å². The number of hydrogen-bond donors (Lipinski definition) is 1. The van der Waals surface area contributed by atoms with Crippen LogP contribution in [0.15, 0.2) is 67.0 Å². The molecule has 28 heavy (non-hydrogen) atoms. The fourth-order valence-electron chi connectivity index (χ4n) is 4.45. The second-order valence-electron chi connectivity index (χ2n) is 8.02. The first-order chi connectivity index (χ1) is 13.7. The topological polar surface area (TPSA) is 36.9 Å². The number of aromatic amines is 1. The molecule has 1 atom stereocenters. The van der Waals surface area contributed by atoms with Crippen LogP contribution in [0.1, 0.15) is 48.3 Å². The van der Waals surface area contributed by atoms with E-state index in [0.29, 0.717) is 6.04 Å². The van der Waals surface area contributed by atoms with E-state index in [0.717, 1.165) is 19.5 Å². The molecule has 0 amide bonds. The Bertz CT molecular complexity index is 1090. The average molecular weight is 371 g/mol. The summed E-state index contributed by atoms with van der Waals surface area (Å²) in [5.74, 6) is 0. The number of hydrogen-bond acceptors (Lipinski definition) is 2. The Morgan fingerprint density at radius 2 is 1.86 bits per heavy atom. The summed E-state index contributed by atoms with van der Waals surface area (Å²) >= 11 is 0. The third-order valence-corrected chi connectivity index (χ3v) is 5.82. The molecule has 2 aromatic carbocycles. The standard InChI is InChI=1S/C24H26N4/c1-17(2)28-16-18(14-25-28)15-27-13-12-21-20-10-6-7-11-22(20)26-23(21)24(27)19-8-4-3-5-9-19/h3-11,14,16-17,24,26H,12-13,15H2,1-2H3. The maximum Gasteiger partial charge on any atom is 0.0760 e. The number of rotatable bonds is 4. The molecule has 0 fully saturated rings. The second-order valence-corrected chi connectivity index (χ2v) is 8.02. The molecule has 0 aliphatic carbocycles. The number of fused-ring (bicyclic) bond motifs is 3. The highest BCUT2D eigenvalue weighted by atomic mass is 15.3. The molecule has 4 aromatic rings. The Morgan fingerprint density at radius 1 is 1.07 bits per heavy atom. The van der Waals surface area contributed by atoms with Crippen LogP contribution in [0.4, 0.5) is 0 Å². The van der Waals surface area contributed by atoms with E-state index in [4.69, 9.17) is 0 Å². The first kappa shape index (κ1) is 17.3. The molecule has 2 aromatic heterocycles. The SMILES string of the molecule is CC(C)n1cc(CN2CCc3c([nH]c4ccccc34)C2c2ccccc2)cn1. The maximum atomic E-state index is 4.54. The Kier molecular flexibility index (Phi) is 4.29. The third kappa shape index (κ3) is 2.94. The molecule has 142 valence electrons. The van der Waals surface area contributed by atoms with Gasteiger partial charge in [0.15, 0.2) is 0 Å². The molecule has 0 radical (unpaired) electrons. The zero-order valence-corrected chi connectivity index (χ0v) is 16.5. The number of benzene rings is 2. The van der Waals surface area contributed by atoms with Crippen molar-refractivity contribution >= 4 is 10.9 Å². The molecule has 1 N–H and O–H groups in total. The third-order valence-electron chi connectivity index (χ3n) is 5.82. The van der Waals surface area contributed by atoms with Gasteiger partial charge in [-0.1, -0.05) is 48.5 Å². The normalized spacial score (nSPS) is 17.3. The van der Waals surface area contributed by atoms with E-state index in [2.05, 4.69) is 89.6 Å². The Balaban J connectivity index is 1.57. The summed E-state index contributed by atoms with van der Waals surface area (Å²) in [6.45, 7) is 6.28. The summed E-state index contributed by atoms with van der Waals surface area (Å²) in [5.41, 5.74) is 6.66. The average Bonchev–Trinajstić information content (AvgIpc) is 3.33. The highest BCUT2D eigenvalue weighted by Crippen LogP contribution is 2.38. The van der Waals surface area contributed by atoms with E-state index >= 15 is 0 Å². The minimum Gasteiger partial charge on any atom is -0.357 e. The van der Waals surface area contributed by atoms with Crippen molar-refractivity contribution in [2.24, 2.45) is 0 Å². The summed E-state index contributed by atoms with van der Waals surface area (Å²) in [6.07, 6.45) is 5.28. The van der Waals surface area contributed by atoms with Crippen molar-refractivity contribution in [1.82, 2.24) is 19.7 Å². The molecule has 5 rings (SSSR count). The van der Waals surface area contributed by atoms with E-state index in [1.54, 1.807) is 0 Å². The minimum atomic E-state index is 0.236. The van der Waals surface area contributed by atoms with Gasteiger partial charge in [-0.15, -0.1) is 0 Å². The van der Waals surface area contributed by atoms with Gasteiger partial charge in [-0.2, -0.15) is 5.10 Å². The van der Waals surface area contributed by atoms with Crippen LogP contribution in [-0.2, 0) is 13.0 Å². The zero-order chi connectivity index (χ0) is 19.1. The predicted octanol–water partition coefficient (Wildman–Crippen LogP) is 5.09. The lowest BCUT2D eigenvalue weighted by atomic mass is 9.92. The summed E-state index contributed by atoms with van der Waals surface area (Å²) < 4.78 is 2.05. The van der Waals surface area contributed by atoms with Gasteiger partial charge < -0.3 is 4.98 Å². The largest absolute Gasteiger partial charge is 0.357 e. The van der Waals surface area contributed by atoms with Gasteiger partial charge in [0.05, 0.1) is 12.2 Å². The van der Waals surface area contributed by atoms with Crippen LogP contribution >= 0.6 is 0 Å². The van der Waals surface area contributed by atoms with Crippen LogP contribution in [0, 0.1) is 0 Å². The minimum absolute atomic E-state index is 0.236. The highest BCUT2D eigenvalue weighted by Gasteiger charge is 2.31. The van der Waals surface area contributed by atoms with E-state index in [-0.39, 0.29) is 6.04 Å². The monoisotopic (exact) mass is 370 g/mol. The van der Waals surface area contributed by atoms with Crippen molar-refractivity contribution in [3.63, 3.8) is 0 Å². The Morgan fingerprint density at radius 3 is 2.64 bits per heavy atom. The zero-order valence-electron chi connectivity index (χ0n) is 16.5. The van der Waals surface area contributed by atoms with Gasteiger partial charge in [-0.3, -0.25) is 9.58 Å². The molecule has 4 nitrogen and oxygen atoms in total. The molecule has 1 unspecified atom stereocenters. The quantitative estimate of drug-likeness (QED) is 0.543. The lowest BCUT2D eigenvalue weighted by Gasteiger charge is -2.36. The summed E-state index contributed by atoms with van der Waals surface area (Å²) in [6, 6.07) is 20.2. The van der Waals surface area contributed by atoms with Gasteiger partial charge in [0.2, 0.25) is 0 Å². The summed E-state index contributed by atoms with van der Waals surface area (Å²) in [7, 11) is 0. The van der Waals surface area contributed by atoms with E-state index in [9.17, 15) is 0 Å². The van der Waals surface area contributed by atoms with Crippen LogP contribution in [-0.4, -0.2) is 26.2 Å². The van der Waals surface area contributed by atoms with Crippen molar-refractivity contribution in [3.05, 3.63) is 89.4 Å². The Hall–Kier alpha value is -2.85. The van der Waals surface area contributed by atoms with Gasteiger partial charge in [0.25, 0.3) is 0 Å². The maximum absolute atomic E-state index is 4.54. The molecule has 1 aliphatic heterocycles. The fourth-order valence-corrected chi connectivity index (χ4v) is 4.45. The predicted molar refractivity (Wildman–Crippen MR) is 113 cm³/mol. The first-order valence-electron chi connectivity index (χ1n) is 10.1. The van der Waals surface area contributed by atoms with Gasteiger partial charge >= 0.3 is 0 Å². The number of H-pyrrole nitrogens is 1. The lowest BCUT2D eigenvalue weighted by Crippen LogP contribution is -2.35. The van der Waals surface area contributed by atoms with Crippen molar-refractivity contribution in [1.29, 1.82) is 0 Å². The van der Waals surface area contributed by atoms with Crippen LogP contribution < -0.4 is 0 Å². The van der Waals surface area contributed by atoms with Crippen LogP contribution in [0.2, 0.25) is 0 Å². The fraction of sp³-hybridized carbons (Fsp3) is 0.292. The van der Waals surface area contributed by atoms with Gasteiger partial charge in [-0.05, 0) is 37.5 Å². The second kappa shape index (κ2) is 6.95. The van der Waals surface area contributed by atoms with Gasteiger partial charge in [-0.25, -0.2) is 0 Å². The molecule has 0 bridgehead atoms. The molecule has 1 aliphatic rings. The molecule has 0 spiro atoms. The van der Waals surface area contributed by atoms with E-state index in [1.165, 1.54) is 33.3 Å². The van der Waals surface area contributed by atoms with Crippen LogP contribution in [0.3, 0.4) is 0 Å². The van der Waals surface area contributed by atoms with Crippen molar-refractivity contribution in [2.45, 2.75) is 38.9 Å². The summed E-state index contributed by atoms with van der Waals surface area (Å²) in [4.78, 5) is 6.32. The van der Waals surface area contributed by atoms with Crippen molar-refractivity contribution < 1.29 is 0 Å². The smallest absolute Gasteiger partial charge is 0.0760 e. The van der Waals surface area contributed by atoms with Gasteiger partial charge in [0, 0.05) is 47.5 Å². The molecule has 3 heterocycles. The number of nitrogens with zero attached hydrogens (tertiary/aromatic N) is 3. The van der Waals surface area contributed by atoms with E-state index in [1.807, 2.05) is 10.9 Å². The lowest BCUT2D eigenvalue weighted by molar-refractivity contribution is 0.202. The van der Waals surface area contributed by atoms with Crippen molar-refractivity contribution in [2.75, 3.05) is 6.54 Å². The van der Waals surface area contributed by atoms with Gasteiger partial charge in [0.1, 0.15) is 0 Å². The number of aromatic nitrogens is 3. The molecular formula is C24H26N4. The number of nitrogens with one attached hydrogen (secondary N) is 1. The van der Waals surface area contributed by atoms with Crippen LogP contribution in [0.5, 0.6) is 0 Å². The molecule has 0 saturated heterocycles. The molecular weight excluding hydrogens is 344 g/mol. The summed E-state index contributed by atoms with van der Waals surface area (Å²) in [5, 5.41) is 5.91. The molecule has 4 heteroatoms. The number of para-hydroxylation sites is 1.